The first-order valence-electron chi connectivity index (χ1n) is 3.18. The van der Waals surface area contributed by atoms with Crippen LogP contribution < -0.4 is 11.3 Å². The highest BCUT2D eigenvalue weighted by atomic mass is 16.4. The molecule has 0 aromatic heterocycles. The lowest BCUT2D eigenvalue weighted by Crippen LogP contribution is -2.08. The number of benzene rings is 1. The van der Waals surface area contributed by atoms with Crippen LogP contribution in [0.3, 0.4) is 0 Å². The fraction of sp³-hybridized carbons (Fsp3) is 0. The third-order valence-corrected chi connectivity index (χ3v) is 1.40. The van der Waals surface area contributed by atoms with Gasteiger partial charge in [0.15, 0.2) is 0 Å². The van der Waals surface area contributed by atoms with Crippen LogP contribution in [0.25, 0.3) is 0 Å². The van der Waals surface area contributed by atoms with Crippen molar-refractivity contribution >= 4 is 11.7 Å². The Morgan fingerprint density at radius 3 is 2.67 bits per heavy atom. The van der Waals surface area contributed by atoms with E-state index in [4.69, 9.17) is 16.1 Å². The minimum atomic E-state index is -1.06. The minimum Gasteiger partial charge on any atom is -0.506 e. The smallest absolute Gasteiger partial charge is 0.335 e. The fourth-order valence-electron chi connectivity index (χ4n) is 0.785. The predicted molar refractivity (Wildman–Crippen MR) is 42.9 cm³/mol. The van der Waals surface area contributed by atoms with Gasteiger partial charge in [-0.1, -0.05) is 0 Å². The lowest BCUT2D eigenvalue weighted by Gasteiger charge is -2.03. The second kappa shape index (κ2) is 3.10. The summed E-state index contributed by atoms with van der Waals surface area (Å²) < 4.78 is 0. The second-order valence-electron chi connectivity index (χ2n) is 2.18. The molecule has 0 aliphatic rings. The van der Waals surface area contributed by atoms with Gasteiger partial charge in [-0.05, 0) is 18.2 Å². The van der Waals surface area contributed by atoms with E-state index in [9.17, 15) is 4.79 Å². The molecule has 0 spiro atoms. The average Bonchev–Trinajstić information content (AvgIpc) is 2.05. The Balaban J connectivity index is 3.13. The molecule has 12 heavy (non-hydrogen) atoms. The summed E-state index contributed by atoms with van der Waals surface area (Å²) in [6, 6.07) is 3.80. The zero-order chi connectivity index (χ0) is 9.14. The molecule has 0 radical (unpaired) electrons. The normalized spacial score (nSPS) is 9.42. The average molecular weight is 168 g/mol. The van der Waals surface area contributed by atoms with Crippen molar-refractivity contribution in [2.45, 2.75) is 0 Å². The number of aromatic hydroxyl groups is 1. The molecule has 0 unspecified atom stereocenters. The van der Waals surface area contributed by atoms with Crippen molar-refractivity contribution < 1.29 is 15.0 Å². The molecule has 0 fully saturated rings. The van der Waals surface area contributed by atoms with Crippen LogP contribution in [-0.4, -0.2) is 16.2 Å². The number of nitrogens with two attached hydrogens (primary N) is 1. The van der Waals surface area contributed by atoms with Crippen LogP contribution in [0, 0.1) is 0 Å². The summed E-state index contributed by atoms with van der Waals surface area (Å²) in [4.78, 5) is 10.4. The van der Waals surface area contributed by atoms with Gasteiger partial charge >= 0.3 is 5.97 Å². The highest BCUT2D eigenvalue weighted by Crippen LogP contribution is 2.22. The van der Waals surface area contributed by atoms with Crippen LogP contribution in [0.4, 0.5) is 5.69 Å². The van der Waals surface area contributed by atoms with Crippen LogP contribution in [0.15, 0.2) is 18.2 Å². The van der Waals surface area contributed by atoms with E-state index in [0.29, 0.717) is 0 Å². The quantitative estimate of drug-likeness (QED) is 0.291. The molecular formula is C7H8N2O3. The Bertz CT molecular complexity index is 312. The molecule has 1 aromatic rings. The Kier molecular flexibility index (Phi) is 2.16. The summed E-state index contributed by atoms with van der Waals surface area (Å²) in [6.45, 7) is 0. The molecule has 5 heteroatoms. The molecular weight excluding hydrogens is 160 g/mol. The molecule has 64 valence electrons. The largest absolute Gasteiger partial charge is 0.506 e. The van der Waals surface area contributed by atoms with Crippen molar-refractivity contribution in [3.05, 3.63) is 23.8 Å². The molecule has 0 aliphatic carbocycles. The van der Waals surface area contributed by atoms with Crippen LogP contribution in [-0.2, 0) is 0 Å². The third kappa shape index (κ3) is 1.46. The number of carboxylic acids is 1. The predicted octanol–water partition coefficient (Wildman–Crippen LogP) is 0.376. The number of carboxylic acid groups (broad SMARTS) is 1. The van der Waals surface area contributed by atoms with E-state index < -0.39 is 5.97 Å². The van der Waals surface area contributed by atoms with Gasteiger partial charge in [-0.3, -0.25) is 5.84 Å². The van der Waals surface area contributed by atoms with E-state index in [2.05, 4.69) is 5.43 Å². The summed E-state index contributed by atoms with van der Waals surface area (Å²) in [5.74, 6) is 3.87. The maximum Gasteiger partial charge on any atom is 0.335 e. The van der Waals surface area contributed by atoms with Gasteiger partial charge < -0.3 is 15.6 Å². The number of hydrazine groups is 1. The number of hydrogen-bond donors (Lipinski definition) is 4. The fourth-order valence-corrected chi connectivity index (χ4v) is 0.785. The van der Waals surface area contributed by atoms with Crippen molar-refractivity contribution in [1.82, 2.24) is 0 Å². The summed E-state index contributed by atoms with van der Waals surface area (Å²) in [5.41, 5.74) is 2.44. The third-order valence-electron chi connectivity index (χ3n) is 1.40. The Morgan fingerprint density at radius 2 is 2.17 bits per heavy atom. The van der Waals surface area contributed by atoms with E-state index >= 15 is 0 Å². The van der Waals surface area contributed by atoms with E-state index in [1.807, 2.05) is 0 Å². The van der Waals surface area contributed by atoms with Crippen molar-refractivity contribution in [3.63, 3.8) is 0 Å². The van der Waals surface area contributed by atoms with Crippen molar-refractivity contribution in [1.29, 1.82) is 0 Å². The van der Waals surface area contributed by atoms with Crippen LogP contribution in [0.2, 0.25) is 0 Å². The van der Waals surface area contributed by atoms with E-state index in [1.165, 1.54) is 18.2 Å². The molecule has 1 aromatic carbocycles. The highest BCUT2D eigenvalue weighted by molar-refractivity contribution is 5.89. The highest BCUT2D eigenvalue weighted by Gasteiger charge is 2.05. The summed E-state index contributed by atoms with van der Waals surface area (Å²) >= 11 is 0. The van der Waals surface area contributed by atoms with E-state index in [-0.39, 0.29) is 17.0 Å². The van der Waals surface area contributed by atoms with Gasteiger partial charge in [-0.2, -0.15) is 0 Å². The van der Waals surface area contributed by atoms with Crippen molar-refractivity contribution in [3.8, 4) is 5.75 Å². The molecule has 0 heterocycles. The molecule has 1 rings (SSSR count). The molecule has 0 saturated heterocycles. The van der Waals surface area contributed by atoms with Crippen LogP contribution >= 0.6 is 0 Å². The lowest BCUT2D eigenvalue weighted by atomic mass is 10.2. The summed E-state index contributed by atoms with van der Waals surface area (Å²) in [6.07, 6.45) is 0. The molecule has 0 aliphatic heterocycles. The van der Waals surface area contributed by atoms with Gasteiger partial charge in [-0.25, -0.2) is 4.79 Å². The lowest BCUT2D eigenvalue weighted by molar-refractivity contribution is 0.0697. The Morgan fingerprint density at radius 1 is 1.50 bits per heavy atom. The van der Waals surface area contributed by atoms with Crippen LogP contribution in [0.5, 0.6) is 5.75 Å². The number of aromatic carboxylic acids is 1. The number of nitrogens with one attached hydrogen (secondary N) is 1. The first kappa shape index (κ1) is 8.35. The zero-order valence-corrected chi connectivity index (χ0v) is 6.11. The monoisotopic (exact) mass is 168 g/mol. The van der Waals surface area contributed by atoms with Gasteiger partial charge in [0.2, 0.25) is 0 Å². The summed E-state index contributed by atoms with van der Waals surface area (Å²) in [5, 5.41) is 17.6. The number of hydrogen-bond acceptors (Lipinski definition) is 4. The SMILES string of the molecule is NNc1cc(C(=O)O)ccc1O. The maximum atomic E-state index is 10.4. The van der Waals surface area contributed by atoms with Gasteiger partial charge in [0.1, 0.15) is 5.75 Å². The number of carbonyl (C=O) groups is 1. The van der Waals surface area contributed by atoms with Crippen molar-refractivity contribution in [2.75, 3.05) is 5.43 Å². The zero-order valence-electron chi connectivity index (χ0n) is 6.11. The maximum absolute atomic E-state index is 10.4. The molecule has 0 amide bonds. The molecule has 0 atom stereocenters. The number of nitrogen functional groups attached to an aromatic ring is 1. The minimum absolute atomic E-state index is 0.0701. The number of phenolic OH excluding ortho intramolecular Hbond substituents is 1. The number of anilines is 1. The molecule has 0 saturated carbocycles. The van der Waals surface area contributed by atoms with Crippen molar-refractivity contribution in [2.24, 2.45) is 5.84 Å². The molecule has 5 N–H and O–H groups in total. The first-order chi connectivity index (χ1) is 5.65. The summed E-state index contributed by atoms with van der Waals surface area (Å²) in [7, 11) is 0. The number of phenols is 1. The number of rotatable bonds is 2. The standard InChI is InChI=1S/C7H8N2O3/c8-9-5-3-4(7(11)12)1-2-6(5)10/h1-3,9-10H,8H2,(H,11,12). The topological polar surface area (TPSA) is 95.6 Å². The Labute approximate surface area is 68.4 Å². The van der Waals surface area contributed by atoms with Gasteiger partial charge in [0.25, 0.3) is 0 Å². The second-order valence-corrected chi connectivity index (χ2v) is 2.18. The van der Waals surface area contributed by atoms with Gasteiger partial charge in [0.05, 0.1) is 11.3 Å². The van der Waals surface area contributed by atoms with E-state index in [0.717, 1.165) is 0 Å². The molecule has 0 bridgehead atoms. The van der Waals surface area contributed by atoms with Gasteiger partial charge in [-0.15, -0.1) is 0 Å². The van der Waals surface area contributed by atoms with E-state index in [1.54, 1.807) is 0 Å². The molecule has 5 nitrogen and oxygen atoms in total. The Hall–Kier alpha value is -1.75. The first-order valence-corrected chi connectivity index (χ1v) is 3.18. The van der Waals surface area contributed by atoms with Crippen LogP contribution in [0.1, 0.15) is 10.4 Å². The van der Waals surface area contributed by atoms with Gasteiger partial charge in [0, 0.05) is 0 Å².